The molecule has 0 spiro atoms. The van der Waals surface area contributed by atoms with Gasteiger partial charge in [-0.05, 0) is 109 Å². The Kier molecular flexibility index (Phi) is 6.40. The lowest BCUT2D eigenvalue weighted by atomic mass is 9.79. The summed E-state index contributed by atoms with van der Waals surface area (Å²) >= 11 is 6.51. The molecular weight excluding hydrogens is 645 g/mol. The number of likely N-dealkylation sites (tertiary alicyclic amines) is 1. The molecule has 2 rings (SSSR count). The van der Waals surface area contributed by atoms with Crippen LogP contribution in [0.5, 0.6) is 0 Å². The molecule has 1 saturated heterocycles. The van der Waals surface area contributed by atoms with E-state index in [0.29, 0.717) is 11.3 Å². The van der Waals surface area contributed by atoms with E-state index in [2.05, 4.69) is 107 Å². The van der Waals surface area contributed by atoms with Crippen molar-refractivity contribution in [1.29, 1.82) is 0 Å². The second kappa shape index (κ2) is 7.34. The van der Waals surface area contributed by atoms with Crippen molar-refractivity contribution >= 4 is 79.4 Å². The molecule has 0 atom stereocenters. The number of benzene rings is 1. The Balaban J connectivity index is 2.27. The standard InChI is InChI=1S/C17H23I3N2O2/c1-16(2)7-9(8-17(3,4)22(16)5)24-15(23)12-10(18)6-11(19)14(21)13(12)20/h6,9H,7-8,21H2,1-5H3. The predicted molar refractivity (Wildman–Crippen MR) is 123 cm³/mol. The Hall–Kier alpha value is 0.640. The number of halogens is 3. The largest absolute Gasteiger partial charge is 0.459 e. The third-order valence-electron chi connectivity index (χ3n) is 4.95. The van der Waals surface area contributed by atoms with Crippen molar-refractivity contribution in [3.05, 3.63) is 22.3 Å². The molecule has 0 unspecified atom stereocenters. The van der Waals surface area contributed by atoms with Gasteiger partial charge in [-0.3, -0.25) is 4.90 Å². The minimum Gasteiger partial charge on any atom is -0.459 e. The van der Waals surface area contributed by atoms with Crippen LogP contribution in [0.15, 0.2) is 6.07 Å². The van der Waals surface area contributed by atoms with E-state index < -0.39 is 0 Å². The predicted octanol–water partition coefficient (Wildman–Crippen LogP) is 4.89. The van der Waals surface area contributed by atoms with Crippen LogP contribution in [0.1, 0.15) is 50.9 Å². The molecule has 0 amide bonds. The Morgan fingerprint density at radius 2 is 1.67 bits per heavy atom. The highest BCUT2D eigenvalue weighted by Crippen LogP contribution is 2.39. The van der Waals surface area contributed by atoms with E-state index in [4.69, 9.17) is 10.5 Å². The summed E-state index contributed by atoms with van der Waals surface area (Å²) in [5.74, 6) is -0.270. The lowest BCUT2D eigenvalue weighted by Crippen LogP contribution is -2.60. The molecule has 4 nitrogen and oxygen atoms in total. The van der Waals surface area contributed by atoms with Crippen molar-refractivity contribution in [3.8, 4) is 0 Å². The van der Waals surface area contributed by atoms with Gasteiger partial charge in [0.1, 0.15) is 6.10 Å². The summed E-state index contributed by atoms with van der Waals surface area (Å²) in [5.41, 5.74) is 7.30. The monoisotopic (exact) mass is 668 g/mol. The first-order valence-electron chi connectivity index (χ1n) is 7.74. The zero-order chi connectivity index (χ0) is 18.4. The molecule has 0 aliphatic carbocycles. The van der Waals surface area contributed by atoms with Crippen LogP contribution in [-0.4, -0.2) is 35.1 Å². The Bertz CT molecular complexity index is 656. The third-order valence-corrected chi connectivity index (χ3v) is 7.82. The lowest BCUT2D eigenvalue weighted by Gasteiger charge is -2.53. The van der Waals surface area contributed by atoms with Crippen LogP contribution in [0.4, 0.5) is 5.69 Å². The normalized spacial score (nSPS) is 20.8. The number of esters is 1. The number of carbonyl (C=O) groups excluding carboxylic acids is 1. The highest BCUT2D eigenvalue weighted by atomic mass is 127. The molecule has 134 valence electrons. The van der Waals surface area contributed by atoms with Crippen LogP contribution in [0.2, 0.25) is 0 Å². The smallest absolute Gasteiger partial charge is 0.340 e. The number of nitrogens with zero attached hydrogens (tertiary/aromatic N) is 1. The summed E-state index contributed by atoms with van der Waals surface area (Å²) in [6.45, 7) is 8.80. The molecule has 1 heterocycles. The Morgan fingerprint density at radius 1 is 1.17 bits per heavy atom. The van der Waals surface area contributed by atoms with Crippen LogP contribution in [-0.2, 0) is 4.74 Å². The van der Waals surface area contributed by atoms with Crippen molar-refractivity contribution in [2.24, 2.45) is 0 Å². The number of nitrogen functional groups attached to an aromatic ring is 1. The van der Waals surface area contributed by atoms with E-state index in [-0.39, 0.29) is 23.2 Å². The third kappa shape index (κ3) is 4.13. The average Bonchev–Trinajstić information content (AvgIpc) is 2.41. The number of ether oxygens (including phenoxy) is 1. The molecule has 0 saturated carbocycles. The van der Waals surface area contributed by atoms with Gasteiger partial charge in [0.05, 0.1) is 14.8 Å². The average molecular weight is 668 g/mol. The van der Waals surface area contributed by atoms with Crippen LogP contribution < -0.4 is 5.73 Å². The van der Waals surface area contributed by atoms with Crippen molar-refractivity contribution < 1.29 is 9.53 Å². The van der Waals surface area contributed by atoms with Gasteiger partial charge in [0.2, 0.25) is 0 Å². The summed E-state index contributed by atoms with van der Waals surface area (Å²) in [7, 11) is 2.14. The lowest BCUT2D eigenvalue weighted by molar-refractivity contribution is -0.0732. The molecule has 0 bridgehead atoms. The minimum atomic E-state index is -0.270. The van der Waals surface area contributed by atoms with Crippen LogP contribution >= 0.6 is 67.8 Å². The first kappa shape index (κ1) is 20.9. The quantitative estimate of drug-likeness (QED) is 0.278. The zero-order valence-electron chi connectivity index (χ0n) is 14.5. The van der Waals surface area contributed by atoms with E-state index in [0.717, 1.165) is 23.6 Å². The van der Waals surface area contributed by atoms with Crippen LogP contribution in [0.25, 0.3) is 0 Å². The highest BCUT2D eigenvalue weighted by Gasteiger charge is 2.44. The van der Waals surface area contributed by atoms with Crippen molar-refractivity contribution in [3.63, 3.8) is 0 Å². The van der Waals surface area contributed by atoms with E-state index in [1.54, 1.807) is 0 Å². The number of piperidine rings is 1. The SMILES string of the molecule is CN1C(C)(C)CC(OC(=O)c2c(I)cc(I)c(N)c2I)CC1(C)C. The van der Waals surface area contributed by atoms with Crippen molar-refractivity contribution in [2.75, 3.05) is 12.8 Å². The van der Waals surface area contributed by atoms with Crippen molar-refractivity contribution in [1.82, 2.24) is 4.90 Å². The Labute approximate surface area is 185 Å². The van der Waals surface area contributed by atoms with E-state index in [1.165, 1.54) is 0 Å². The minimum absolute atomic E-state index is 0.0158. The summed E-state index contributed by atoms with van der Waals surface area (Å²) in [5, 5.41) is 0. The van der Waals surface area contributed by atoms with Gasteiger partial charge in [-0.15, -0.1) is 0 Å². The molecule has 1 aliphatic heterocycles. The molecule has 1 fully saturated rings. The van der Waals surface area contributed by atoms with Gasteiger partial charge in [-0.25, -0.2) is 4.79 Å². The molecule has 1 aromatic rings. The molecule has 24 heavy (non-hydrogen) atoms. The maximum Gasteiger partial charge on any atom is 0.340 e. The van der Waals surface area contributed by atoms with Gasteiger partial charge in [0, 0.05) is 31.1 Å². The van der Waals surface area contributed by atoms with E-state index in [1.807, 2.05) is 6.07 Å². The first-order valence-corrected chi connectivity index (χ1v) is 11.0. The zero-order valence-corrected chi connectivity index (χ0v) is 21.0. The topological polar surface area (TPSA) is 55.6 Å². The van der Waals surface area contributed by atoms with Gasteiger partial charge in [0.25, 0.3) is 0 Å². The maximum absolute atomic E-state index is 12.8. The fraction of sp³-hybridized carbons (Fsp3) is 0.588. The van der Waals surface area contributed by atoms with Crippen LogP contribution in [0.3, 0.4) is 0 Å². The van der Waals surface area contributed by atoms with Gasteiger partial charge < -0.3 is 10.5 Å². The highest BCUT2D eigenvalue weighted by molar-refractivity contribution is 14.1. The summed E-state index contributed by atoms with van der Waals surface area (Å²) in [4.78, 5) is 15.2. The second-order valence-electron chi connectivity index (χ2n) is 7.56. The first-order chi connectivity index (χ1) is 10.9. The van der Waals surface area contributed by atoms with Gasteiger partial charge in [-0.2, -0.15) is 0 Å². The summed E-state index contributed by atoms with van der Waals surface area (Å²) in [6, 6.07) is 1.93. The van der Waals surface area contributed by atoms with Gasteiger partial charge >= 0.3 is 5.97 Å². The summed E-state index contributed by atoms with van der Waals surface area (Å²) < 4.78 is 8.54. The number of hydrogen-bond donors (Lipinski definition) is 1. The Morgan fingerprint density at radius 3 is 2.17 bits per heavy atom. The van der Waals surface area contributed by atoms with Crippen molar-refractivity contribution in [2.45, 2.75) is 57.7 Å². The fourth-order valence-electron chi connectivity index (χ4n) is 3.37. The molecule has 1 aliphatic rings. The molecule has 1 aromatic carbocycles. The van der Waals surface area contributed by atoms with E-state index >= 15 is 0 Å². The summed E-state index contributed by atoms with van der Waals surface area (Å²) in [6.07, 6.45) is 1.56. The van der Waals surface area contributed by atoms with Crippen LogP contribution in [0, 0.1) is 10.7 Å². The fourth-order valence-corrected chi connectivity index (χ4v) is 7.18. The number of rotatable bonds is 2. The van der Waals surface area contributed by atoms with E-state index in [9.17, 15) is 4.79 Å². The van der Waals surface area contributed by atoms with Gasteiger partial charge in [-0.1, -0.05) is 0 Å². The maximum atomic E-state index is 12.8. The van der Waals surface area contributed by atoms with Gasteiger partial charge in [0.15, 0.2) is 0 Å². The number of hydrogen-bond acceptors (Lipinski definition) is 4. The molecule has 2 N–H and O–H groups in total. The number of anilines is 1. The molecule has 7 heteroatoms. The number of nitrogens with two attached hydrogens (primary N) is 1. The number of carbonyl (C=O) groups is 1. The molecule has 0 aromatic heterocycles. The molecular formula is C17H23I3N2O2. The molecule has 0 radical (unpaired) electrons. The second-order valence-corrected chi connectivity index (χ2v) is 11.0.